The van der Waals surface area contributed by atoms with Crippen LogP contribution in [-0.4, -0.2) is 23.6 Å². The molecule has 0 aliphatic carbocycles. The van der Waals surface area contributed by atoms with Crippen LogP contribution in [0.2, 0.25) is 0 Å². The number of hydrogen-bond acceptors (Lipinski definition) is 2. The van der Waals surface area contributed by atoms with E-state index < -0.39 is 17.8 Å². The summed E-state index contributed by atoms with van der Waals surface area (Å²) >= 11 is 0. The molecule has 0 fully saturated rings. The minimum absolute atomic E-state index is 0.441. The van der Waals surface area contributed by atoms with Crippen LogP contribution in [-0.2, 0) is 12.7 Å². The Balaban J connectivity index is 2.42. The average Bonchev–Trinajstić information content (AvgIpc) is 2.15. The fraction of sp³-hybridized carbons (Fsp3) is 0.455. The van der Waals surface area contributed by atoms with Crippen molar-refractivity contribution in [3.63, 3.8) is 0 Å². The highest BCUT2D eigenvalue weighted by Crippen LogP contribution is 2.33. The largest absolute Gasteiger partial charge is 0.416 e. The van der Waals surface area contributed by atoms with E-state index >= 15 is 0 Å². The summed E-state index contributed by atoms with van der Waals surface area (Å²) in [7, 11) is 1.77. The molecule has 0 unspecified atom stereocenters. The number of rotatable bonds is 0. The van der Waals surface area contributed by atoms with E-state index in [1.165, 1.54) is 6.07 Å². The zero-order valence-electron chi connectivity index (χ0n) is 8.75. The predicted molar refractivity (Wildman–Crippen MR) is 52.7 cm³/mol. The van der Waals surface area contributed by atoms with Crippen LogP contribution < -0.4 is 0 Å². The maximum Gasteiger partial charge on any atom is 0.416 e. The lowest BCUT2D eigenvalue weighted by Gasteiger charge is -2.29. The van der Waals surface area contributed by atoms with Gasteiger partial charge in [0.05, 0.1) is 11.7 Å². The molecule has 1 atom stereocenters. The highest BCUT2D eigenvalue weighted by Gasteiger charge is 2.32. The molecule has 5 heteroatoms. The number of aliphatic hydroxyl groups excluding tert-OH is 1. The number of hydrogen-bond donors (Lipinski definition) is 1. The molecule has 1 heterocycles. The van der Waals surface area contributed by atoms with Gasteiger partial charge in [0, 0.05) is 13.1 Å². The first kappa shape index (κ1) is 11.4. The van der Waals surface area contributed by atoms with Gasteiger partial charge in [-0.3, -0.25) is 4.90 Å². The molecule has 0 amide bonds. The van der Waals surface area contributed by atoms with Gasteiger partial charge in [0.15, 0.2) is 0 Å². The fourth-order valence-electron chi connectivity index (χ4n) is 1.99. The molecule has 0 saturated carbocycles. The second-order valence-electron chi connectivity index (χ2n) is 4.12. The Labute approximate surface area is 91.3 Å². The van der Waals surface area contributed by atoms with Crippen molar-refractivity contribution in [1.82, 2.24) is 4.90 Å². The lowest BCUT2D eigenvalue weighted by Crippen LogP contribution is -2.30. The summed E-state index contributed by atoms with van der Waals surface area (Å²) in [6.45, 7) is 0.897. The van der Waals surface area contributed by atoms with Crippen LogP contribution in [0.25, 0.3) is 0 Å². The molecule has 0 spiro atoms. The van der Waals surface area contributed by atoms with Crippen molar-refractivity contribution in [1.29, 1.82) is 0 Å². The zero-order valence-corrected chi connectivity index (χ0v) is 8.75. The first-order valence-corrected chi connectivity index (χ1v) is 4.94. The molecule has 1 aromatic carbocycles. The summed E-state index contributed by atoms with van der Waals surface area (Å²) < 4.78 is 37.4. The van der Waals surface area contributed by atoms with Crippen molar-refractivity contribution < 1.29 is 18.3 Å². The smallest absolute Gasteiger partial charge is 0.387 e. The summed E-state index contributed by atoms with van der Waals surface area (Å²) in [5.74, 6) is 0. The van der Waals surface area contributed by atoms with E-state index in [2.05, 4.69) is 0 Å². The molecule has 1 N–H and O–H groups in total. The first-order chi connectivity index (χ1) is 7.38. The Morgan fingerprint density at radius 1 is 1.38 bits per heavy atom. The van der Waals surface area contributed by atoms with Crippen molar-refractivity contribution in [2.45, 2.75) is 18.8 Å². The van der Waals surface area contributed by atoms with Crippen LogP contribution in [0.3, 0.4) is 0 Å². The molecule has 88 valence electrons. The molecule has 2 nitrogen and oxygen atoms in total. The van der Waals surface area contributed by atoms with E-state index in [9.17, 15) is 18.3 Å². The Morgan fingerprint density at radius 2 is 2.06 bits per heavy atom. The minimum atomic E-state index is -4.32. The maximum absolute atomic E-state index is 12.5. The molecule has 2 rings (SSSR count). The van der Waals surface area contributed by atoms with Gasteiger partial charge in [-0.1, -0.05) is 6.07 Å². The van der Waals surface area contributed by atoms with Gasteiger partial charge in [0.1, 0.15) is 0 Å². The number of nitrogens with zero attached hydrogens (tertiary/aromatic N) is 1. The molecule has 1 aromatic rings. The third kappa shape index (κ3) is 2.05. The third-order valence-electron chi connectivity index (χ3n) is 2.75. The average molecular weight is 231 g/mol. The number of fused-ring (bicyclic) bond motifs is 1. The minimum Gasteiger partial charge on any atom is -0.387 e. The Hall–Kier alpha value is -1.07. The summed E-state index contributed by atoms with van der Waals surface area (Å²) in [6, 6.07) is 3.51. The van der Waals surface area contributed by atoms with Gasteiger partial charge in [-0.25, -0.2) is 0 Å². The number of aliphatic hydroxyl groups is 1. The van der Waals surface area contributed by atoms with Gasteiger partial charge < -0.3 is 5.11 Å². The first-order valence-electron chi connectivity index (χ1n) is 4.94. The molecule has 16 heavy (non-hydrogen) atoms. The van der Waals surface area contributed by atoms with E-state index in [1.807, 2.05) is 0 Å². The number of likely N-dealkylation sites (N-methyl/N-ethyl adjacent to an activating group) is 1. The Kier molecular flexibility index (Phi) is 2.67. The summed E-state index contributed by atoms with van der Waals surface area (Å²) in [4.78, 5) is 1.80. The normalized spacial score (nSPS) is 21.9. The van der Waals surface area contributed by atoms with Gasteiger partial charge in [0.25, 0.3) is 0 Å². The second-order valence-corrected chi connectivity index (χ2v) is 4.12. The monoisotopic (exact) mass is 231 g/mol. The van der Waals surface area contributed by atoms with Gasteiger partial charge in [-0.2, -0.15) is 13.2 Å². The van der Waals surface area contributed by atoms with Gasteiger partial charge in [-0.15, -0.1) is 0 Å². The lowest BCUT2D eigenvalue weighted by atomic mass is 9.95. The van der Waals surface area contributed by atoms with Crippen molar-refractivity contribution in [3.8, 4) is 0 Å². The van der Waals surface area contributed by atoms with Crippen molar-refractivity contribution >= 4 is 0 Å². The molecule has 1 aliphatic heterocycles. The van der Waals surface area contributed by atoms with Gasteiger partial charge in [0.2, 0.25) is 0 Å². The van der Waals surface area contributed by atoms with Crippen molar-refractivity contribution in [2.24, 2.45) is 0 Å². The van der Waals surface area contributed by atoms with Crippen LogP contribution in [0, 0.1) is 0 Å². The van der Waals surface area contributed by atoms with Crippen LogP contribution in [0.4, 0.5) is 13.2 Å². The van der Waals surface area contributed by atoms with E-state index in [0.29, 0.717) is 24.2 Å². The standard InChI is InChI=1S/C11H12F3NO/c1-15-5-7-4-8(11(12,13)14)2-3-9(7)10(16)6-15/h2-4,10,16H,5-6H2,1H3/t10-/m1/s1. The Morgan fingerprint density at radius 3 is 2.69 bits per heavy atom. The topological polar surface area (TPSA) is 23.5 Å². The zero-order chi connectivity index (χ0) is 11.9. The van der Waals surface area contributed by atoms with Gasteiger partial charge in [-0.05, 0) is 30.3 Å². The number of alkyl halides is 3. The molecule has 0 saturated heterocycles. The van der Waals surface area contributed by atoms with E-state index in [1.54, 1.807) is 11.9 Å². The van der Waals surface area contributed by atoms with Crippen molar-refractivity contribution in [2.75, 3.05) is 13.6 Å². The maximum atomic E-state index is 12.5. The fourth-order valence-corrected chi connectivity index (χ4v) is 1.99. The molecule has 1 aliphatic rings. The Bertz CT molecular complexity index is 403. The molecular weight excluding hydrogens is 219 g/mol. The number of benzene rings is 1. The SMILES string of the molecule is CN1Cc2cc(C(F)(F)F)ccc2[C@H](O)C1. The second kappa shape index (κ2) is 3.75. The van der Waals surface area contributed by atoms with Crippen LogP contribution in [0.1, 0.15) is 22.8 Å². The van der Waals surface area contributed by atoms with Crippen LogP contribution in [0.5, 0.6) is 0 Å². The molecule has 0 radical (unpaired) electrons. The summed E-state index contributed by atoms with van der Waals surface area (Å²) in [6.07, 6.45) is -5.02. The predicted octanol–water partition coefficient (Wildman–Crippen LogP) is 2.18. The van der Waals surface area contributed by atoms with E-state index in [-0.39, 0.29) is 0 Å². The molecular formula is C11H12F3NO. The quantitative estimate of drug-likeness (QED) is 0.739. The molecule has 0 aromatic heterocycles. The van der Waals surface area contributed by atoms with Crippen LogP contribution in [0.15, 0.2) is 18.2 Å². The van der Waals surface area contributed by atoms with E-state index in [0.717, 1.165) is 12.1 Å². The highest BCUT2D eigenvalue weighted by atomic mass is 19.4. The van der Waals surface area contributed by atoms with Crippen molar-refractivity contribution in [3.05, 3.63) is 34.9 Å². The van der Waals surface area contributed by atoms with Gasteiger partial charge >= 0.3 is 6.18 Å². The highest BCUT2D eigenvalue weighted by molar-refractivity contribution is 5.36. The summed E-state index contributed by atoms with van der Waals surface area (Å²) in [5.41, 5.74) is 0.496. The lowest BCUT2D eigenvalue weighted by molar-refractivity contribution is -0.137. The van der Waals surface area contributed by atoms with Crippen LogP contribution >= 0.6 is 0 Å². The van der Waals surface area contributed by atoms with E-state index in [4.69, 9.17) is 0 Å². The third-order valence-corrected chi connectivity index (χ3v) is 2.75. The molecule has 0 bridgehead atoms. The number of halogens is 3. The number of β-amino-alcohol motifs (C(OH)–C–C–N with tert-alkyl or cyclic N) is 1. The summed E-state index contributed by atoms with van der Waals surface area (Å²) in [5, 5.41) is 9.70.